The number of nitrogens with zero attached hydrogens (tertiary/aromatic N) is 1. The first kappa shape index (κ1) is 14.1. The largest absolute Gasteiger partial charge is 0.479 e. The van der Waals surface area contributed by atoms with Crippen LogP contribution in [0.15, 0.2) is 0 Å². The van der Waals surface area contributed by atoms with Crippen LogP contribution in [0.25, 0.3) is 0 Å². The third-order valence-electron chi connectivity index (χ3n) is 4.22. The van der Waals surface area contributed by atoms with Crippen LogP contribution in [-0.2, 0) is 9.53 Å². The van der Waals surface area contributed by atoms with Gasteiger partial charge in [-0.25, -0.2) is 9.59 Å². The highest BCUT2D eigenvalue weighted by Crippen LogP contribution is 2.32. The van der Waals surface area contributed by atoms with Crippen molar-refractivity contribution in [2.75, 3.05) is 19.7 Å². The van der Waals surface area contributed by atoms with E-state index in [1.807, 2.05) is 6.92 Å². The number of ether oxygens (including phenoxy) is 1. The molecule has 0 spiro atoms. The first-order chi connectivity index (χ1) is 9.10. The van der Waals surface area contributed by atoms with E-state index in [0.717, 1.165) is 25.9 Å². The second-order valence-corrected chi connectivity index (χ2v) is 5.27. The van der Waals surface area contributed by atoms with Gasteiger partial charge in [-0.1, -0.05) is 6.92 Å². The zero-order valence-corrected chi connectivity index (χ0v) is 11.4. The number of hydrogen-bond donors (Lipinski definition) is 2. The first-order valence-electron chi connectivity index (χ1n) is 7.00. The van der Waals surface area contributed by atoms with Crippen molar-refractivity contribution >= 4 is 12.0 Å². The number of urea groups is 1. The van der Waals surface area contributed by atoms with E-state index in [2.05, 4.69) is 5.32 Å². The fourth-order valence-electron chi connectivity index (χ4n) is 3.02. The van der Waals surface area contributed by atoms with Crippen LogP contribution in [0, 0.1) is 0 Å². The SMILES string of the molecule is CCC1(C(=O)O)CCCN1C(=O)NCC1CCCO1. The van der Waals surface area contributed by atoms with Gasteiger partial charge < -0.3 is 20.1 Å². The summed E-state index contributed by atoms with van der Waals surface area (Å²) in [4.78, 5) is 25.1. The topological polar surface area (TPSA) is 78.9 Å². The Kier molecular flexibility index (Phi) is 4.29. The van der Waals surface area contributed by atoms with Crippen molar-refractivity contribution in [3.63, 3.8) is 0 Å². The molecule has 0 bridgehead atoms. The quantitative estimate of drug-likeness (QED) is 0.804. The van der Waals surface area contributed by atoms with Crippen LogP contribution < -0.4 is 5.32 Å². The van der Waals surface area contributed by atoms with Crippen molar-refractivity contribution in [3.8, 4) is 0 Å². The lowest BCUT2D eigenvalue weighted by Crippen LogP contribution is -2.56. The Morgan fingerprint density at radius 1 is 1.47 bits per heavy atom. The molecule has 6 heteroatoms. The average molecular weight is 270 g/mol. The molecule has 2 saturated heterocycles. The van der Waals surface area contributed by atoms with E-state index in [1.165, 1.54) is 4.90 Å². The Hall–Kier alpha value is -1.30. The number of rotatable bonds is 4. The number of nitrogens with one attached hydrogen (secondary N) is 1. The molecule has 2 unspecified atom stereocenters. The highest BCUT2D eigenvalue weighted by molar-refractivity contribution is 5.87. The number of carboxylic acid groups (broad SMARTS) is 1. The number of carbonyl (C=O) groups is 2. The van der Waals surface area contributed by atoms with Gasteiger partial charge in [0.15, 0.2) is 0 Å². The summed E-state index contributed by atoms with van der Waals surface area (Å²) in [6.45, 7) is 3.55. The molecule has 2 N–H and O–H groups in total. The smallest absolute Gasteiger partial charge is 0.329 e. The Labute approximate surface area is 113 Å². The Morgan fingerprint density at radius 2 is 2.26 bits per heavy atom. The van der Waals surface area contributed by atoms with E-state index in [-0.39, 0.29) is 12.1 Å². The summed E-state index contributed by atoms with van der Waals surface area (Å²) < 4.78 is 5.44. The minimum atomic E-state index is -1.03. The summed E-state index contributed by atoms with van der Waals surface area (Å²) in [7, 11) is 0. The molecule has 19 heavy (non-hydrogen) atoms. The summed E-state index contributed by atoms with van der Waals surface area (Å²) in [5, 5.41) is 12.2. The van der Waals surface area contributed by atoms with E-state index in [0.29, 0.717) is 25.9 Å². The van der Waals surface area contributed by atoms with Crippen molar-refractivity contribution in [1.29, 1.82) is 0 Å². The summed E-state index contributed by atoms with van der Waals surface area (Å²) in [6.07, 6.45) is 3.78. The fourth-order valence-corrected chi connectivity index (χ4v) is 3.02. The maximum atomic E-state index is 12.2. The number of aliphatic carboxylic acids is 1. The van der Waals surface area contributed by atoms with Crippen molar-refractivity contribution in [3.05, 3.63) is 0 Å². The molecule has 0 aromatic carbocycles. The van der Waals surface area contributed by atoms with Gasteiger partial charge in [0, 0.05) is 19.7 Å². The third-order valence-corrected chi connectivity index (χ3v) is 4.22. The molecule has 0 aromatic rings. The molecule has 0 aliphatic carbocycles. The lowest BCUT2D eigenvalue weighted by atomic mass is 9.93. The number of amides is 2. The van der Waals surface area contributed by atoms with Crippen LogP contribution in [0.1, 0.15) is 39.0 Å². The summed E-state index contributed by atoms with van der Waals surface area (Å²) in [6, 6.07) is -0.280. The molecule has 2 aliphatic heterocycles. The van der Waals surface area contributed by atoms with Gasteiger partial charge in [-0.2, -0.15) is 0 Å². The van der Waals surface area contributed by atoms with Crippen LogP contribution in [0.5, 0.6) is 0 Å². The molecule has 2 fully saturated rings. The standard InChI is InChI=1S/C13H22N2O4/c1-2-13(11(16)17)6-4-7-15(13)12(18)14-9-10-5-3-8-19-10/h10H,2-9H2,1H3,(H,14,18)(H,16,17). The van der Waals surface area contributed by atoms with Crippen molar-refractivity contribution in [2.45, 2.75) is 50.7 Å². The zero-order chi connectivity index (χ0) is 13.9. The highest BCUT2D eigenvalue weighted by Gasteiger charge is 2.48. The molecular weight excluding hydrogens is 248 g/mol. The number of likely N-dealkylation sites (tertiary alicyclic amines) is 1. The molecule has 2 heterocycles. The van der Waals surface area contributed by atoms with Gasteiger partial charge in [-0.3, -0.25) is 0 Å². The second kappa shape index (κ2) is 5.77. The molecule has 2 atom stereocenters. The fraction of sp³-hybridized carbons (Fsp3) is 0.846. The van der Waals surface area contributed by atoms with Crippen LogP contribution in [0.3, 0.4) is 0 Å². The summed E-state index contributed by atoms with van der Waals surface area (Å²) in [5.74, 6) is -0.903. The highest BCUT2D eigenvalue weighted by atomic mass is 16.5. The van der Waals surface area contributed by atoms with Crippen molar-refractivity contribution < 1.29 is 19.4 Å². The Bertz CT molecular complexity index is 355. The molecule has 2 rings (SSSR count). The minimum Gasteiger partial charge on any atom is -0.479 e. The van der Waals surface area contributed by atoms with Gasteiger partial charge in [0.1, 0.15) is 5.54 Å². The molecule has 0 radical (unpaired) electrons. The molecular formula is C13H22N2O4. The normalized spacial score (nSPS) is 30.6. The molecule has 0 saturated carbocycles. The molecule has 6 nitrogen and oxygen atoms in total. The summed E-state index contributed by atoms with van der Waals surface area (Å²) >= 11 is 0. The lowest BCUT2D eigenvalue weighted by molar-refractivity contribution is -0.148. The van der Waals surface area contributed by atoms with Gasteiger partial charge in [0.25, 0.3) is 0 Å². The van der Waals surface area contributed by atoms with E-state index < -0.39 is 11.5 Å². The average Bonchev–Trinajstić information content (AvgIpc) is 3.05. The van der Waals surface area contributed by atoms with E-state index in [1.54, 1.807) is 0 Å². The summed E-state index contributed by atoms with van der Waals surface area (Å²) in [5.41, 5.74) is -1.03. The van der Waals surface area contributed by atoms with Crippen LogP contribution in [0.2, 0.25) is 0 Å². The van der Waals surface area contributed by atoms with E-state index in [4.69, 9.17) is 4.74 Å². The molecule has 108 valence electrons. The van der Waals surface area contributed by atoms with Crippen molar-refractivity contribution in [1.82, 2.24) is 10.2 Å². The van der Waals surface area contributed by atoms with Crippen LogP contribution in [0.4, 0.5) is 4.79 Å². The lowest BCUT2D eigenvalue weighted by Gasteiger charge is -2.34. The predicted octanol–water partition coefficient (Wildman–Crippen LogP) is 1.20. The third kappa shape index (κ3) is 2.68. The monoisotopic (exact) mass is 270 g/mol. The maximum Gasteiger partial charge on any atom is 0.329 e. The van der Waals surface area contributed by atoms with Gasteiger partial charge >= 0.3 is 12.0 Å². The van der Waals surface area contributed by atoms with Gasteiger partial charge in [-0.15, -0.1) is 0 Å². The predicted molar refractivity (Wildman–Crippen MR) is 69.0 cm³/mol. The molecule has 0 aromatic heterocycles. The number of carbonyl (C=O) groups excluding carboxylic acids is 1. The van der Waals surface area contributed by atoms with Gasteiger partial charge in [0.05, 0.1) is 6.10 Å². The van der Waals surface area contributed by atoms with Gasteiger partial charge in [-0.05, 0) is 32.1 Å². The molecule has 2 aliphatic rings. The number of hydrogen-bond acceptors (Lipinski definition) is 3. The van der Waals surface area contributed by atoms with Crippen molar-refractivity contribution in [2.24, 2.45) is 0 Å². The van der Waals surface area contributed by atoms with E-state index >= 15 is 0 Å². The van der Waals surface area contributed by atoms with Crippen LogP contribution in [-0.4, -0.2) is 53.3 Å². The second-order valence-electron chi connectivity index (χ2n) is 5.27. The molecule has 2 amide bonds. The van der Waals surface area contributed by atoms with E-state index in [9.17, 15) is 14.7 Å². The Balaban J connectivity index is 1.95. The van der Waals surface area contributed by atoms with Gasteiger partial charge in [0.2, 0.25) is 0 Å². The zero-order valence-electron chi connectivity index (χ0n) is 11.4. The number of carboxylic acids is 1. The Morgan fingerprint density at radius 3 is 2.84 bits per heavy atom. The minimum absolute atomic E-state index is 0.0763. The first-order valence-corrected chi connectivity index (χ1v) is 7.00. The maximum absolute atomic E-state index is 12.2. The van der Waals surface area contributed by atoms with Crippen LogP contribution >= 0.6 is 0 Å².